The molecular weight excluding hydrogens is 512 g/mol. The molecule has 0 aliphatic heterocycles. The summed E-state index contributed by atoms with van der Waals surface area (Å²) in [5.41, 5.74) is 17.6. The summed E-state index contributed by atoms with van der Waals surface area (Å²) < 4.78 is 8.59. The maximum atomic E-state index is 6.39. The van der Waals surface area contributed by atoms with Crippen LogP contribution in [0.5, 0.6) is 0 Å². The van der Waals surface area contributed by atoms with Gasteiger partial charge in [-0.3, -0.25) is 0 Å². The van der Waals surface area contributed by atoms with E-state index in [4.69, 9.17) is 4.42 Å². The first-order valence-corrected chi connectivity index (χ1v) is 14.7. The fourth-order valence-electron chi connectivity index (χ4n) is 7.77. The highest BCUT2D eigenvalue weighted by Gasteiger charge is 2.42. The molecule has 200 valence electrons. The van der Waals surface area contributed by atoms with Crippen molar-refractivity contribution in [3.63, 3.8) is 0 Å². The van der Waals surface area contributed by atoms with Crippen LogP contribution in [-0.4, -0.2) is 4.98 Å². The molecule has 0 N–H and O–H groups in total. The second-order valence-electron chi connectivity index (χ2n) is 11.9. The van der Waals surface area contributed by atoms with Crippen molar-refractivity contribution < 1.29 is 8.98 Å². The van der Waals surface area contributed by atoms with Crippen molar-refractivity contribution in [1.82, 2.24) is 4.98 Å². The summed E-state index contributed by atoms with van der Waals surface area (Å²) in [6.07, 6.45) is 3.97. The lowest BCUT2D eigenvalue weighted by molar-refractivity contribution is -0.660. The van der Waals surface area contributed by atoms with Crippen molar-refractivity contribution in [3.8, 4) is 22.4 Å². The van der Waals surface area contributed by atoms with Gasteiger partial charge in [0.15, 0.2) is 11.8 Å². The SMILES string of the molecule is Cc1cc(-c2cc[n+](C)c(-c3c(C)ccc4c3oc3ncccc34)c2)cc2c1C1c3ccccc3C2c2ccccc21. The first-order valence-electron chi connectivity index (χ1n) is 14.7. The van der Waals surface area contributed by atoms with Crippen molar-refractivity contribution in [2.45, 2.75) is 25.7 Å². The molecule has 0 unspecified atom stereocenters. The number of fused-ring (bicyclic) bond motifs is 3. The van der Waals surface area contributed by atoms with Crippen LogP contribution in [0.2, 0.25) is 0 Å². The average Bonchev–Trinajstić information content (AvgIpc) is 3.40. The lowest BCUT2D eigenvalue weighted by Gasteiger charge is -2.43. The van der Waals surface area contributed by atoms with Gasteiger partial charge in [0.1, 0.15) is 7.05 Å². The van der Waals surface area contributed by atoms with Gasteiger partial charge in [0.2, 0.25) is 11.4 Å². The van der Waals surface area contributed by atoms with E-state index in [0.717, 1.165) is 27.6 Å². The third-order valence-electron chi connectivity index (χ3n) is 9.62. The standard InChI is InChI=1S/C39H29N2O/c1-22-14-15-30-31-13-8-17-40-39(31)42-38(30)35(22)33-21-24(16-18-41(33)3)25-19-23(2)34-32(20-25)36-26-9-4-6-11-28(26)37(34)29-12-7-5-10-27(29)36/h4-21,36-37H,1-3H3/q+1. The van der Waals surface area contributed by atoms with Gasteiger partial charge in [-0.05, 0) is 87.7 Å². The molecule has 3 heteroatoms. The van der Waals surface area contributed by atoms with Gasteiger partial charge in [-0.15, -0.1) is 0 Å². The molecule has 3 heterocycles. The van der Waals surface area contributed by atoms with Crippen molar-refractivity contribution in [3.05, 3.63) is 154 Å². The Hall–Kier alpha value is -5.02. The molecule has 0 saturated carbocycles. The van der Waals surface area contributed by atoms with E-state index >= 15 is 0 Å². The predicted molar refractivity (Wildman–Crippen MR) is 168 cm³/mol. The normalized spacial score (nSPS) is 16.5. The fourth-order valence-corrected chi connectivity index (χ4v) is 7.77. The zero-order valence-electron chi connectivity index (χ0n) is 23.8. The molecule has 3 nitrogen and oxygen atoms in total. The Labute approximate surface area is 244 Å². The molecule has 3 aliphatic carbocycles. The van der Waals surface area contributed by atoms with E-state index in [0.29, 0.717) is 5.71 Å². The molecule has 0 radical (unpaired) electrons. The Morgan fingerprint density at radius 3 is 2.10 bits per heavy atom. The minimum Gasteiger partial charge on any atom is -0.437 e. The van der Waals surface area contributed by atoms with Crippen LogP contribution in [0.3, 0.4) is 0 Å². The number of pyridine rings is 2. The maximum Gasteiger partial charge on any atom is 0.227 e. The van der Waals surface area contributed by atoms with Gasteiger partial charge in [0, 0.05) is 40.9 Å². The Kier molecular flexibility index (Phi) is 4.79. The third kappa shape index (κ3) is 3.11. The largest absolute Gasteiger partial charge is 0.437 e. The summed E-state index contributed by atoms with van der Waals surface area (Å²) in [5, 5.41) is 2.15. The summed E-state index contributed by atoms with van der Waals surface area (Å²) in [7, 11) is 2.11. The monoisotopic (exact) mass is 541 g/mol. The highest BCUT2D eigenvalue weighted by Crippen LogP contribution is 2.57. The minimum atomic E-state index is 0.259. The van der Waals surface area contributed by atoms with Crippen LogP contribution in [0.1, 0.15) is 56.3 Å². The lowest BCUT2D eigenvalue weighted by atomic mass is 9.60. The third-order valence-corrected chi connectivity index (χ3v) is 9.62. The van der Waals surface area contributed by atoms with Crippen molar-refractivity contribution in [2.75, 3.05) is 0 Å². The Bertz CT molecular complexity index is 2210. The van der Waals surface area contributed by atoms with Crippen LogP contribution in [0, 0.1) is 13.8 Å². The summed E-state index contributed by atoms with van der Waals surface area (Å²) in [6.45, 7) is 4.46. The highest BCUT2D eigenvalue weighted by atomic mass is 16.3. The van der Waals surface area contributed by atoms with Gasteiger partial charge in [-0.2, -0.15) is 0 Å². The molecule has 0 saturated heterocycles. The zero-order valence-corrected chi connectivity index (χ0v) is 23.8. The van der Waals surface area contributed by atoms with Gasteiger partial charge in [-0.1, -0.05) is 66.7 Å². The number of hydrogen-bond acceptors (Lipinski definition) is 2. The first kappa shape index (κ1) is 23.7. The molecule has 3 aliphatic rings. The van der Waals surface area contributed by atoms with Crippen LogP contribution in [0.15, 0.2) is 114 Å². The van der Waals surface area contributed by atoms with E-state index in [1.165, 1.54) is 55.6 Å². The predicted octanol–water partition coefficient (Wildman–Crippen LogP) is 8.74. The maximum absolute atomic E-state index is 6.39. The number of hydrogen-bond donors (Lipinski definition) is 0. The van der Waals surface area contributed by atoms with Crippen LogP contribution in [0.25, 0.3) is 44.5 Å². The van der Waals surface area contributed by atoms with E-state index < -0.39 is 0 Å². The average molecular weight is 542 g/mol. The van der Waals surface area contributed by atoms with Gasteiger partial charge in [0.25, 0.3) is 0 Å². The summed E-state index contributed by atoms with van der Waals surface area (Å²) in [5.74, 6) is 0.548. The van der Waals surface area contributed by atoms with Crippen molar-refractivity contribution in [1.29, 1.82) is 0 Å². The summed E-state index contributed by atoms with van der Waals surface area (Å²) in [6, 6.07) is 35.9. The van der Waals surface area contributed by atoms with Crippen molar-refractivity contribution >= 4 is 22.1 Å². The van der Waals surface area contributed by atoms with Crippen LogP contribution < -0.4 is 4.57 Å². The molecule has 2 bridgehead atoms. The topological polar surface area (TPSA) is 29.9 Å². The Morgan fingerprint density at radius 2 is 1.36 bits per heavy atom. The van der Waals surface area contributed by atoms with Crippen LogP contribution in [-0.2, 0) is 7.05 Å². The number of furan rings is 1. The summed E-state index contributed by atoms with van der Waals surface area (Å²) in [4.78, 5) is 4.50. The van der Waals surface area contributed by atoms with E-state index in [1.807, 2.05) is 6.07 Å². The van der Waals surface area contributed by atoms with Gasteiger partial charge in [-0.25, -0.2) is 9.55 Å². The number of aromatic nitrogens is 2. The van der Waals surface area contributed by atoms with E-state index in [2.05, 4.69) is 128 Å². The zero-order chi connectivity index (χ0) is 28.1. The molecule has 0 amide bonds. The minimum absolute atomic E-state index is 0.259. The van der Waals surface area contributed by atoms with Crippen LogP contribution in [0.4, 0.5) is 0 Å². The van der Waals surface area contributed by atoms with Gasteiger partial charge in [0.05, 0.1) is 5.56 Å². The molecule has 0 atom stereocenters. The second-order valence-corrected chi connectivity index (χ2v) is 11.9. The molecule has 0 spiro atoms. The number of aryl methyl sites for hydroxylation is 3. The molecule has 4 aromatic carbocycles. The quantitative estimate of drug-likeness (QED) is 0.205. The molecular formula is C39H29N2O+. The lowest BCUT2D eigenvalue weighted by Crippen LogP contribution is -2.30. The number of rotatable bonds is 2. The number of benzene rings is 4. The Balaban J connectivity index is 1.25. The van der Waals surface area contributed by atoms with E-state index in [1.54, 1.807) is 6.20 Å². The Morgan fingerprint density at radius 1 is 0.643 bits per heavy atom. The van der Waals surface area contributed by atoms with Gasteiger partial charge < -0.3 is 4.42 Å². The smallest absolute Gasteiger partial charge is 0.227 e. The molecule has 7 aromatic rings. The highest BCUT2D eigenvalue weighted by molar-refractivity contribution is 6.08. The van der Waals surface area contributed by atoms with Crippen molar-refractivity contribution in [2.24, 2.45) is 7.05 Å². The molecule has 10 rings (SSSR count). The summed E-state index contributed by atoms with van der Waals surface area (Å²) >= 11 is 0. The van der Waals surface area contributed by atoms with Crippen LogP contribution >= 0.6 is 0 Å². The van der Waals surface area contributed by atoms with Gasteiger partial charge >= 0.3 is 0 Å². The van der Waals surface area contributed by atoms with E-state index in [-0.39, 0.29) is 11.8 Å². The molecule has 0 fully saturated rings. The second kappa shape index (κ2) is 8.50. The number of nitrogens with zero attached hydrogens (tertiary/aromatic N) is 2. The molecule has 42 heavy (non-hydrogen) atoms. The molecule has 3 aromatic heterocycles. The van der Waals surface area contributed by atoms with E-state index in [9.17, 15) is 0 Å². The first-order chi connectivity index (χ1) is 20.6. The fraction of sp³-hybridized carbons (Fsp3) is 0.128.